The average Bonchev–Trinajstić information content (AvgIpc) is 2.98. The van der Waals surface area contributed by atoms with Crippen LogP contribution in [0.25, 0.3) is 0 Å². The van der Waals surface area contributed by atoms with Crippen molar-refractivity contribution in [3.05, 3.63) is 12.0 Å². The predicted molar refractivity (Wildman–Crippen MR) is 77.5 cm³/mol. The van der Waals surface area contributed by atoms with Crippen molar-refractivity contribution in [1.29, 1.82) is 0 Å². The number of oxazole rings is 1. The SMILES string of the molecule is CCOC(=O)C1(N)CCCC1CCSc1nc(C)co1. The summed E-state index contributed by atoms with van der Waals surface area (Å²) >= 11 is 1.57. The van der Waals surface area contributed by atoms with Crippen LogP contribution in [0.1, 0.15) is 38.3 Å². The van der Waals surface area contributed by atoms with Gasteiger partial charge in [-0.1, -0.05) is 18.2 Å². The second-order valence-electron chi connectivity index (χ2n) is 5.24. The van der Waals surface area contributed by atoms with Crippen molar-refractivity contribution >= 4 is 17.7 Å². The molecule has 6 heteroatoms. The van der Waals surface area contributed by atoms with Gasteiger partial charge >= 0.3 is 5.97 Å². The molecule has 0 amide bonds. The second-order valence-corrected chi connectivity index (χ2v) is 6.29. The van der Waals surface area contributed by atoms with Crippen molar-refractivity contribution in [2.45, 2.75) is 50.3 Å². The van der Waals surface area contributed by atoms with Gasteiger partial charge < -0.3 is 14.9 Å². The number of hydrogen-bond donors (Lipinski definition) is 1. The third-order valence-electron chi connectivity index (χ3n) is 3.82. The van der Waals surface area contributed by atoms with Gasteiger partial charge in [0.2, 0.25) is 0 Å². The van der Waals surface area contributed by atoms with Crippen LogP contribution in [0.4, 0.5) is 0 Å². The van der Waals surface area contributed by atoms with Crippen LogP contribution in [0.5, 0.6) is 0 Å². The van der Waals surface area contributed by atoms with E-state index in [0.717, 1.165) is 37.1 Å². The fraction of sp³-hybridized carbons (Fsp3) is 0.714. The van der Waals surface area contributed by atoms with E-state index >= 15 is 0 Å². The Morgan fingerprint density at radius 2 is 2.50 bits per heavy atom. The van der Waals surface area contributed by atoms with Crippen molar-refractivity contribution in [2.24, 2.45) is 11.7 Å². The molecule has 0 spiro atoms. The number of esters is 1. The molecule has 2 rings (SSSR count). The van der Waals surface area contributed by atoms with Gasteiger partial charge in [0, 0.05) is 5.75 Å². The number of nitrogens with two attached hydrogens (primary N) is 1. The van der Waals surface area contributed by atoms with Crippen molar-refractivity contribution in [1.82, 2.24) is 4.98 Å². The Kier molecular flexibility index (Phi) is 5.10. The van der Waals surface area contributed by atoms with Crippen LogP contribution >= 0.6 is 11.8 Å². The van der Waals surface area contributed by atoms with Crippen LogP contribution < -0.4 is 5.73 Å². The van der Waals surface area contributed by atoms with Crippen LogP contribution in [-0.2, 0) is 9.53 Å². The molecule has 5 nitrogen and oxygen atoms in total. The van der Waals surface area contributed by atoms with Crippen LogP contribution in [-0.4, -0.2) is 28.9 Å². The van der Waals surface area contributed by atoms with E-state index < -0.39 is 5.54 Å². The smallest absolute Gasteiger partial charge is 0.326 e. The number of aromatic nitrogens is 1. The van der Waals surface area contributed by atoms with Crippen molar-refractivity contribution in [3.63, 3.8) is 0 Å². The first-order valence-corrected chi connectivity index (χ1v) is 8.06. The number of nitrogens with zero attached hydrogens (tertiary/aromatic N) is 1. The highest BCUT2D eigenvalue weighted by molar-refractivity contribution is 7.99. The van der Waals surface area contributed by atoms with E-state index in [1.54, 1.807) is 18.0 Å². The Hall–Kier alpha value is -1.01. The van der Waals surface area contributed by atoms with E-state index in [-0.39, 0.29) is 11.9 Å². The Balaban J connectivity index is 1.86. The second kappa shape index (κ2) is 6.63. The highest BCUT2D eigenvalue weighted by atomic mass is 32.2. The van der Waals surface area contributed by atoms with Gasteiger partial charge in [0.15, 0.2) is 0 Å². The summed E-state index contributed by atoms with van der Waals surface area (Å²) in [5.41, 5.74) is 6.37. The summed E-state index contributed by atoms with van der Waals surface area (Å²) in [5.74, 6) is 0.785. The molecular weight excluding hydrogens is 276 g/mol. The predicted octanol–water partition coefficient (Wildman–Crippen LogP) is 2.53. The molecule has 112 valence electrons. The third kappa shape index (κ3) is 3.35. The molecule has 0 aromatic carbocycles. The summed E-state index contributed by atoms with van der Waals surface area (Å²) in [5, 5.41) is 0.680. The zero-order valence-electron chi connectivity index (χ0n) is 12.1. The minimum atomic E-state index is -0.803. The van der Waals surface area contributed by atoms with Crippen molar-refractivity contribution < 1.29 is 13.9 Å². The van der Waals surface area contributed by atoms with E-state index in [9.17, 15) is 4.79 Å². The highest BCUT2D eigenvalue weighted by Gasteiger charge is 2.46. The average molecular weight is 298 g/mol. The van der Waals surface area contributed by atoms with Gasteiger partial charge in [-0.25, -0.2) is 4.98 Å². The van der Waals surface area contributed by atoms with Gasteiger partial charge in [-0.05, 0) is 39.0 Å². The molecule has 1 aliphatic carbocycles. The molecule has 1 heterocycles. The topological polar surface area (TPSA) is 78.4 Å². The summed E-state index contributed by atoms with van der Waals surface area (Å²) in [6.45, 7) is 4.09. The van der Waals surface area contributed by atoms with Gasteiger partial charge in [0.05, 0.1) is 12.3 Å². The number of carbonyl (C=O) groups excluding carboxylic acids is 1. The van der Waals surface area contributed by atoms with Crippen LogP contribution in [0.2, 0.25) is 0 Å². The standard InChI is InChI=1S/C14H22N2O3S/c1-3-18-12(17)14(15)7-4-5-11(14)6-8-20-13-16-10(2)9-19-13/h9,11H,3-8,15H2,1-2H3. The summed E-state index contributed by atoms with van der Waals surface area (Å²) in [4.78, 5) is 16.3. The van der Waals surface area contributed by atoms with Gasteiger partial charge in [-0.2, -0.15) is 0 Å². The lowest BCUT2D eigenvalue weighted by Gasteiger charge is -2.28. The lowest BCUT2D eigenvalue weighted by Crippen LogP contribution is -2.52. The fourth-order valence-corrected chi connectivity index (χ4v) is 3.63. The normalized spacial score (nSPS) is 25.9. The van der Waals surface area contributed by atoms with E-state index in [2.05, 4.69) is 4.98 Å². The maximum atomic E-state index is 12.0. The molecule has 2 unspecified atom stereocenters. The van der Waals surface area contributed by atoms with E-state index in [1.165, 1.54) is 0 Å². The van der Waals surface area contributed by atoms with Crippen molar-refractivity contribution in [2.75, 3.05) is 12.4 Å². The van der Waals surface area contributed by atoms with Crippen molar-refractivity contribution in [3.8, 4) is 0 Å². The monoisotopic (exact) mass is 298 g/mol. The lowest BCUT2D eigenvalue weighted by molar-refractivity contribution is -0.151. The van der Waals surface area contributed by atoms with E-state index in [0.29, 0.717) is 11.8 Å². The molecule has 2 N–H and O–H groups in total. The molecule has 1 aromatic rings. The van der Waals surface area contributed by atoms with Crippen LogP contribution in [0.3, 0.4) is 0 Å². The number of thioether (sulfide) groups is 1. The summed E-state index contributed by atoms with van der Waals surface area (Å²) < 4.78 is 10.4. The Labute approximate surface area is 123 Å². The lowest BCUT2D eigenvalue weighted by atomic mass is 9.86. The van der Waals surface area contributed by atoms with Gasteiger partial charge in [0.1, 0.15) is 11.8 Å². The maximum Gasteiger partial charge on any atom is 0.326 e. The molecule has 1 aliphatic rings. The number of ether oxygens (including phenoxy) is 1. The van der Waals surface area contributed by atoms with Crippen LogP contribution in [0, 0.1) is 12.8 Å². The largest absolute Gasteiger partial charge is 0.465 e. The number of hydrogen-bond acceptors (Lipinski definition) is 6. The molecule has 0 aliphatic heterocycles. The molecule has 20 heavy (non-hydrogen) atoms. The van der Waals surface area contributed by atoms with Gasteiger partial charge in [0.25, 0.3) is 5.22 Å². The quantitative estimate of drug-likeness (QED) is 0.642. The zero-order chi connectivity index (χ0) is 14.6. The molecule has 2 atom stereocenters. The Morgan fingerprint density at radius 3 is 3.15 bits per heavy atom. The summed E-state index contributed by atoms with van der Waals surface area (Å²) in [7, 11) is 0. The summed E-state index contributed by atoms with van der Waals surface area (Å²) in [6, 6.07) is 0. The minimum absolute atomic E-state index is 0.185. The Morgan fingerprint density at radius 1 is 1.70 bits per heavy atom. The highest BCUT2D eigenvalue weighted by Crippen LogP contribution is 2.38. The molecule has 1 saturated carbocycles. The first kappa shape index (κ1) is 15.4. The minimum Gasteiger partial charge on any atom is -0.465 e. The zero-order valence-corrected chi connectivity index (χ0v) is 12.9. The van der Waals surface area contributed by atoms with Crippen LogP contribution in [0.15, 0.2) is 15.9 Å². The first-order chi connectivity index (χ1) is 9.56. The number of rotatable bonds is 6. The van der Waals surface area contributed by atoms with Gasteiger partial charge in [-0.15, -0.1) is 0 Å². The molecule has 0 bridgehead atoms. The maximum absolute atomic E-state index is 12.0. The molecular formula is C14H22N2O3S. The molecule has 1 aromatic heterocycles. The van der Waals surface area contributed by atoms with E-state index in [4.69, 9.17) is 14.9 Å². The summed E-state index contributed by atoms with van der Waals surface area (Å²) in [6.07, 6.45) is 5.22. The van der Waals surface area contributed by atoms with Gasteiger partial charge in [-0.3, -0.25) is 4.79 Å². The third-order valence-corrected chi connectivity index (χ3v) is 4.69. The Bertz CT molecular complexity index is 463. The number of carbonyl (C=O) groups is 1. The molecule has 1 fully saturated rings. The molecule has 0 saturated heterocycles. The first-order valence-electron chi connectivity index (χ1n) is 7.07. The number of aryl methyl sites for hydroxylation is 1. The molecule has 0 radical (unpaired) electrons. The fourth-order valence-electron chi connectivity index (χ4n) is 2.73. The van der Waals surface area contributed by atoms with E-state index in [1.807, 2.05) is 13.8 Å².